The fourth-order valence-corrected chi connectivity index (χ4v) is 2.87. The predicted octanol–water partition coefficient (Wildman–Crippen LogP) is 1.13. The molecule has 2 aromatic rings. The van der Waals surface area contributed by atoms with Crippen molar-refractivity contribution >= 4 is 35.2 Å². The molecule has 2 heterocycles. The third kappa shape index (κ3) is 1.69. The Bertz CT molecular complexity index is 811. The zero-order valence-electron chi connectivity index (χ0n) is 12.0. The number of nitrogens with zero attached hydrogens (tertiary/aromatic N) is 2. The van der Waals surface area contributed by atoms with Crippen molar-refractivity contribution in [3.8, 4) is 0 Å². The van der Waals surface area contributed by atoms with Gasteiger partial charge in [-0.15, -0.1) is 0 Å². The Hall–Kier alpha value is -2.95. The first-order valence-corrected chi connectivity index (χ1v) is 7.09. The van der Waals surface area contributed by atoms with E-state index in [-0.39, 0.29) is 11.9 Å². The van der Waals surface area contributed by atoms with Crippen molar-refractivity contribution in [2.75, 3.05) is 9.80 Å². The molecule has 2 aromatic carbocycles. The van der Waals surface area contributed by atoms with Crippen molar-refractivity contribution in [3.05, 3.63) is 54.1 Å². The van der Waals surface area contributed by atoms with Crippen LogP contribution in [-0.2, 0) is 4.79 Å². The van der Waals surface area contributed by atoms with Gasteiger partial charge in [-0.2, -0.15) is 0 Å². The Kier molecular flexibility index (Phi) is 2.63. The molecule has 0 bridgehead atoms. The summed E-state index contributed by atoms with van der Waals surface area (Å²) in [6, 6.07) is 13.9. The van der Waals surface area contributed by atoms with Crippen molar-refractivity contribution in [2.45, 2.75) is 13.0 Å². The van der Waals surface area contributed by atoms with Gasteiger partial charge in [0, 0.05) is 6.07 Å². The lowest BCUT2D eigenvalue weighted by molar-refractivity contribution is -0.350. The van der Waals surface area contributed by atoms with Crippen LogP contribution in [0.3, 0.4) is 0 Å². The second kappa shape index (κ2) is 4.53. The molecule has 0 spiro atoms. The Morgan fingerprint density at radius 3 is 2.50 bits per heavy atom. The summed E-state index contributed by atoms with van der Waals surface area (Å²) in [5.41, 5.74) is 3.23. The lowest BCUT2D eigenvalue weighted by Crippen LogP contribution is -2.69. The summed E-state index contributed by atoms with van der Waals surface area (Å²) < 4.78 is 0. The number of aryl methyl sites for hydroxylation is 1. The third-order valence-electron chi connectivity index (χ3n) is 4.00. The van der Waals surface area contributed by atoms with E-state index in [0.717, 1.165) is 16.9 Å². The zero-order valence-corrected chi connectivity index (χ0v) is 12.0. The number of urea groups is 1. The summed E-state index contributed by atoms with van der Waals surface area (Å²) in [5, 5.41) is 0. The Morgan fingerprint density at radius 2 is 1.73 bits per heavy atom. The number of anilines is 2. The highest BCUT2D eigenvalue weighted by molar-refractivity contribution is 6.33. The van der Waals surface area contributed by atoms with Crippen molar-refractivity contribution < 1.29 is 14.6 Å². The average molecular weight is 292 g/mol. The number of carbonyl (C=O) groups excluding carboxylic acids is 2. The molecule has 22 heavy (non-hydrogen) atoms. The molecule has 3 amide bonds. The first kappa shape index (κ1) is 12.8. The van der Waals surface area contributed by atoms with Gasteiger partial charge in [0.2, 0.25) is 5.69 Å². The lowest BCUT2D eigenvalue weighted by Gasteiger charge is -2.20. The van der Waals surface area contributed by atoms with Gasteiger partial charge < -0.3 is 0 Å². The summed E-state index contributed by atoms with van der Waals surface area (Å²) in [5.74, 6) is -0.240. The van der Waals surface area contributed by atoms with Gasteiger partial charge >= 0.3 is 6.03 Å². The Morgan fingerprint density at radius 1 is 1.00 bits per heavy atom. The maximum atomic E-state index is 12.8. The average Bonchev–Trinajstić information content (AvgIpc) is 2.80. The normalized spacial score (nSPS) is 19.4. The number of hydrogen-bond acceptors (Lipinski definition) is 2. The van der Waals surface area contributed by atoms with Crippen molar-refractivity contribution in [1.82, 2.24) is 0 Å². The zero-order chi connectivity index (χ0) is 15.3. The summed E-state index contributed by atoms with van der Waals surface area (Å²) in [4.78, 5) is 31.3. The maximum Gasteiger partial charge on any atom is 0.337 e. The van der Waals surface area contributed by atoms with Crippen molar-refractivity contribution in [3.63, 3.8) is 0 Å². The SMILES string of the molecule is Cc1ccc(N2C(=O)C3C=[NH+]c4ccccc4N3C2=O)cc1. The van der Waals surface area contributed by atoms with Gasteiger partial charge in [0.15, 0.2) is 12.3 Å². The van der Waals surface area contributed by atoms with E-state index in [2.05, 4.69) is 4.99 Å². The van der Waals surface area contributed by atoms with Crippen LogP contribution in [0.2, 0.25) is 0 Å². The van der Waals surface area contributed by atoms with Crippen LogP contribution in [0.1, 0.15) is 5.56 Å². The van der Waals surface area contributed by atoms with Crippen molar-refractivity contribution in [2.24, 2.45) is 0 Å². The number of benzene rings is 2. The standard InChI is InChI=1S/C17H13N3O2/c1-11-6-8-12(9-7-11)19-16(21)15-10-18-13-4-2-3-5-14(13)20(15)17(19)22/h2-10,15H,1H3/p+1. The van der Waals surface area contributed by atoms with Crippen LogP contribution < -0.4 is 14.8 Å². The number of para-hydroxylation sites is 2. The first-order chi connectivity index (χ1) is 10.7. The summed E-state index contributed by atoms with van der Waals surface area (Å²) in [6.45, 7) is 1.97. The molecule has 1 unspecified atom stereocenters. The quantitative estimate of drug-likeness (QED) is 0.801. The van der Waals surface area contributed by atoms with Gasteiger partial charge in [-0.25, -0.2) is 14.7 Å². The molecule has 1 atom stereocenters. The van der Waals surface area contributed by atoms with E-state index in [0.29, 0.717) is 5.69 Å². The van der Waals surface area contributed by atoms with Gasteiger partial charge in [0.25, 0.3) is 5.91 Å². The molecule has 2 aliphatic heterocycles. The van der Waals surface area contributed by atoms with E-state index in [1.54, 1.807) is 18.3 Å². The fraction of sp³-hybridized carbons (Fsp3) is 0.118. The highest BCUT2D eigenvalue weighted by Gasteiger charge is 2.50. The lowest BCUT2D eigenvalue weighted by atomic mass is 10.1. The number of nitrogens with one attached hydrogen (secondary N) is 1. The second-order valence-electron chi connectivity index (χ2n) is 5.43. The molecule has 0 aliphatic carbocycles. The summed E-state index contributed by atoms with van der Waals surface area (Å²) in [7, 11) is 0. The molecule has 4 rings (SSSR count). The smallest absolute Gasteiger partial charge is 0.271 e. The molecule has 1 saturated heterocycles. The molecule has 5 heteroatoms. The predicted molar refractivity (Wildman–Crippen MR) is 83.5 cm³/mol. The van der Waals surface area contributed by atoms with Crippen molar-refractivity contribution in [1.29, 1.82) is 0 Å². The minimum absolute atomic E-state index is 0.240. The van der Waals surface area contributed by atoms with E-state index < -0.39 is 6.04 Å². The van der Waals surface area contributed by atoms with Crippen LogP contribution >= 0.6 is 0 Å². The number of hydrogen-bond donors (Lipinski definition) is 1. The number of amides is 3. The van der Waals surface area contributed by atoms with Gasteiger partial charge in [-0.05, 0) is 25.1 Å². The molecule has 0 aromatic heterocycles. The van der Waals surface area contributed by atoms with E-state index in [4.69, 9.17) is 0 Å². The van der Waals surface area contributed by atoms with E-state index in [9.17, 15) is 9.59 Å². The van der Waals surface area contributed by atoms with Gasteiger partial charge in [-0.3, -0.25) is 9.69 Å². The van der Waals surface area contributed by atoms with Crippen LogP contribution in [0.4, 0.5) is 21.9 Å². The molecular weight excluding hydrogens is 278 g/mol. The van der Waals surface area contributed by atoms with Gasteiger partial charge in [0.1, 0.15) is 5.69 Å². The topological polar surface area (TPSA) is 54.6 Å². The van der Waals surface area contributed by atoms with Crippen LogP contribution in [0, 0.1) is 6.92 Å². The molecule has 5 nitrogen and oxygen atoms in total. The fourth-order valence-electron chi connectivity index (χ4n) is 2.87. The Balaban J connectivity index is 1.81. The summed E-state index contributed by atoms with van der Waals surface area (Å²) >= 11 is 0. The largest absolute Gasteiger partial charge is 0.337 e. The third-order valence-corrected chi connectivity index (χ3v) is 4.00. The highest BCUT2D eigenvalue weighted by Crippen LogP contribution is 2.33. The highest BCUT2D eigenvalue weighted by atomic mass is 16.2. The van der Waals surface area contributed by atoms with E-state index in [1.165, 1.54) is 9.80 Å². The molecule has 1 N–H and O–H groups in total. The molecule has 2 aliphatic rings. The number of fused-ring (bicyclic) bond motifs is 3. The first-order valence-electron chi connectivity index (χ1n) is 7.09. The molecule has 0 saturated carbocycles. The van der Waals surface area contributed by atoms with E-state index >= 15 is 0 Å². The Labute approximate surface area is 127 Å². The molecule has 0 radical (unpaired) electrons. The molecule has 1 fully saturated rings. The van der Waals surface area contributed by atoms with Gasteiger partial charge in [0.05, 0.1) is 5.69 Å². The minimum atomic E-state index is -0.608. The van der Waals surface area contributed by atoms with Crippen LogP contribution in [0.25, 0.3) is 0 Å². The monoisotopic (exact) mass is 292 g/mol. The van der Waals surface area contributed by atoms with Crippen LogP contribution in [0.5, 0.6) is 0 Å². The second-order valence-corrected chi connectivity index (χ2v) is 5.43. The van der Waals surface area contributed by atoms with Gasteiger partial charge in [-0.1, -0.05) is 29.8 Å². The number of imide groups is 1. The van der Waals surface area contributed by atoms with Crippen LogP contribution in [0.15, 0.2) is 48.5 Å². The molecular formula is C17H14N3O2+. The van der Waals surface area contributed by atoms with E-state index in [1.807, 2.05) is 43.3 Å². The summed E-state index contributed by atoms with van der Waals surface area (Å²) in [6.07, 6.45) is 1.66. The number of rotatable bonds is 1. The minimum Gasteiger partial charge on any atom is -0.271 e. The van der Waals surface area contributed by atoms with Crippen LogP contribution in [-0.4, -0.2) is 24.2 Å². The number of carbonyl (C=O) groups is 2. The molecule has 108 valence electrons. The maximum absolute atomic E-state index is 12.8.